The predicted molar refractivity (Wildman–Crippen MR) is 115 cm³/mol. The molecule has 0 spiro atoms. The van der Waals surface area contributed by atoms with Crippen LogP contribution < -0.4 is 4.74 Å². The molecule has 1 aromatic rings. The lowest BCUT2D eigenvalue weighted by Crippen LogP contribution is -2.42. The second-order valence-electron chi connectivity index (χ2n) is 7.84. The number of carbonyl (C=O) groups is 3. The second-order valence-corrected chi connectivity index (χ2v) is 8.83. The lowest BCUT2D eigenvalue weighted by molar-refractivity contribution is -0.135. The van der Waals surface area contributed by atoms with Crippen LogP contribution in [0.25, 0.3) is 6.08 Å². The Bertz CT molecular complexity index is 781. The van der Waals surface area contributed by atoms with Crippen molar-refractivity contribution in [3.05, 3.63) is 34.7 Å². The van der Waals surface area contributed by atoms with Gasteiger partial charge in [0.2, 0.25) is 5.91 Å². The number of imide groups is 1. The van der Waals surface area contributed by atoms with Gasteiger partial charge in [0.1, 0.15) is 12.3 Å². The molecule has 0 atom stereocenters. The average Bonchev–Trinajstić information content (AvgIpc) is 2.90. The summed E-state index contributed by atoms with van der Waals surface area (Å²) in [5.41, 5.74) is 0.811. The number of benzene rings is 1. The SMILES string of the molecule is CC(C)COc1ccc(C=C2SC(=O)N(CC(=O)N3CCCCCC3)C2=O)cc1. The predicted octanol–water partition coefficient (Wildman–Crippen LogP) is 4.16. The maximum Gasteiger partial charge on any atom is 0.294 e. The zero-order valence-electron chi connectivity index (χ0n) is 17.1. The Hall–Kier alpha value is -2.28. The zero-order chi connectivity index (χ0) is 20.8. The van der Waals surface area contributed by atoms with Crippen molar-refractivity contribution in [1.82, 2.24) is 9.80 Å². The van der Waals surface area contributed by atoms with E-state index in [-0.39, 0.29) is 17.7 Å². The van der Waals surface area contributed by atoms with Gasteiger partial charge in [-0.3, -0.25) is 19.3 Å². The minimum absolute atomic E-state index is 0.151. The van der Waals surface area contributed by atoms with Crippen molar-refractivity contribution >= 4 is 34.9 Å². The Kier molecular flexibility index (Phi) is 7.36. The summed E-state index contributed by atoms with van der Waals surface area (Å²) in [7, 11) is 0. The highest BCUT2D eigenvalue weighted by atomic mass is 32.2. The summed E-state index contributed by atoms with van der Waals surface area (Å²) < 4.78 is 5.66. The smallest absolute Gasteiger partial charge is 0.294 e. The van der Waals surface area contributed by atoms with Crippen LogP contribution in [0.4, 0.5) is 4.79 Å². The first-order valence-electron chi connectivity index (χ1n) is 10.2. The number of likely N-dealkylation sites (tertiary alicyclic amines) is 1. The molecule has 2 fully saturated rings. The standard InChI is InChI=1S/C22H28N2O4S/c1-16(2)15-28-18-9-7-17(8-10-18)13-19-21(26)24(22(27)29-19)14-20(25)23-11-5-3-4-6-12-23/h7-10,13,16H,3-6,11-12,14-15H2,1-2H3. The molecule has 0 aliphatic carbocycles. The summed E-state index contributed by atoms with van der Waals surface area (Å²) in [6, 6.07) is 7.40. The van der Waals surface area contributed by atoms with Crippen LogP contribution in [0, 0.1) is 5.92 Å². The lowest BCUT2D eigenvalue weighted by atomic mass is 10.2. The molecule has 2 saturated heterocycles. The van der Waals surface area contributed by atoms with Crippen LogP contribution in [0.1, 0.15) is 45.1 Å². The van der Waals surface area contributed by atoms with Gasteiger partial charge in [-0.15, -0.1) is 0 Å². The van der Waals surface area contributed by atoms with Gasteiger partial charge < -0.3 is 9.64 Å². The largest absolute Gasteiger partial charge is 0.493 e. The van der Waals surface area contributed by atoms with Crippen LogP contribution in [0.2, 0.25) is 0 Å². The van der Waals surface area contributed by atoms with E-state index in [1.54, 1.807) is 11.0 Å². The van der Waals surface area contributed by atoms with E-state index in [4.69, 9.17) is 4.74 Å². The Morgan fingerprint density at radius 3 is 2.38 bits per heavy atom. The Morgan fingerprint density at radius 2 is 1.76 bits per heavy atom. The third-order valence-corrected chi connectivity index (χ3v) is 5.79. The molecule has 0 aromatic heterocycles. The molecule has 2 aliphatic heterocycles. The van der Waals surface area contributed by atoms with Crippen LogP contribution in [0.5, 0.6) is 5.75 Å². The topological polar surface area (TPSA) is 66.9 Å². The fourth-order valence-corrected chi connectivity index (χ4v) is 4.10. The molecule has 2 aliphatic rings. The Morgan fingerprint density at radius 1 is 1.10 bits per heavy atom. The van der Waals surface area contributed by atoms with E-state index in [1.807, 2.05) is 24.3 Å². The first-order valence-corrected chi connectivity index (χ1v) is 11.0. The molecular formula is C22H28N2O4S. The number of hydrogen-bond donors (Lipinski definition) is 0. The number of amides is 3. The first-order chi connectivity index (χ1) is 13.9. The minimum Gasteiger partial charge on any atom is -0.493 e. The number of nitrogens with zero attached hydrogens (tertiary/aromatic N) is 2. The summed E-state index contributed by atoms with van der Waals surface area (Å²) in [6.07, 6.45) is 5.88. The molecule has 7 heteroatoms. The van der Waals surface area contributed by atoms with Crippen LogP contribution in [0.3, 0.4) is 0 Å². The first kappa shape index (κ1) is 21.4. The Balaban J connectivity index is 1.62. The number of hydrogen-bond acceptors (Lipinski definition) is 5. The molecule has 3 rings (SSSR count). The monoisotopic (exact) mass is 416 g/mol. The summed E-state index contributed by atoms with van der Waals surface area (Å²) in [5, 5.41) is -0.388. The van der Waals surface area contributed by atoms with E-state index < -0.39 is 5.91 Å². The molecule has 1 aromatic carbocycles. The van der Waals surface area contributed by atoms with Gasteiger partial charge in [0.05, 0.1) is 11.5 Å². The van der Waals surface area contributed by atoms with Crippen molar-refractivity contribution in [2.75, 3.05) is 26.2 Å². The fourth-order valence-electron chi connectivity index (χ4n) is 3.27. The molecule has 2 heterocycles. The fraction of sp³-hybridized carbons (Fsp3) is 0.500. The van der Waals surface area contributed by atoms with Gasteiger partial charge in [-0.05, 0) is 54.3 Å². The Labute approximate surface area is 176 Å². The summed E-state index contributed by atoms with van der Waals surface area (Å²) in [6.45, 7) is 6.05. The van der Waals surface area contributed by atoms with Crippen LogP contribution >= 0.6 is 11.8 Å². The maximum atomic E-state index is 12.7. The molecular weight excluding hydrogens is 388 g/mol. The van der Waals surface area contributed by atoms with Crippen molar-refractivity contribution in [2.24, 2.45) is 5.92 Å². The summed E-state index contributed by atoms with van der Waals surface area (Å²) in [5.74, 6) is 0.663. The molecule has 0 N–H and O–H groups in total. The van der Waals surface area contributed by atoms with Gasteiger partial charge in [-0.2, -0.15) is 0 Å². The normalized spacial score (nSPS) is 19.2. The highest BCUT2D eigenvalue weighted by Gasteiger charge is 2.37. The van der Waals surface area contributed by atoms with Crippen molar-refractivity contribution in [2.45, 2.75) is 39.5 Å². The number of carbonyl (C=O) groups excluding carboxylic acids is 3. The van der Waals surface area contributed by atoms with Gasteiger partial charge in [0.25, 0.3) is 11.1 Å². The molecule has 0 bridgehead atoms. The minimum atomic E-state index is -0.400. The second kappa shape index (κ2) is 9.96. The zero-order valence-corrected chi connectivity index (χ0v) is 17.9. The molecule has 0 unspecified atom stereocenters. The van der Waals surface area contributed by atoms with Gasteiger partial charge >= 0.3 is 0 Å². The van der Waals surface area contributed by atoms with E-state index >= 15 is 0 Å². The third-order valence-electron chi connectivity index (χ3n) is 4.89. The van der Waals surface area contributed by atoms with Gasteiger partial charge in [0.15, 0.2) is 0 Å². The van der Waals surface area contributed by atoms with Gasteiger partial charge in [-0.25, -0.2) is 0 Å². The molecule has 29 heavy (non-hydrogen) atoms. The number of ether oxygens (including phenoxy) is 1. The summed E-state index contributed by atoms with van der Waals surface area (Å²) >= 11 is 0.884. The van der Waals surface area contributed by atoms with E-state index in [1.165, 1.54) is 0 Å². The average molecular weight is 417 g/mol. The number of thioether (sulfide) groups is 1. The van der Waals surface area contributed by atoms with Gasteiger partial charge in [0, 0.05) is 13.1 Å². The van der Waals surface area contributed by atoms with Crippen molar-refractivity contribution in [3.8, 4) is 5.75 Å². The van der Waals surface area contributed by atoms with Crippen molar-refractivity contribution < 1.29 is 19.1 Å². The van der Waals surface area contributed by atoms with Gasteiger partial charge in [-0.1, -0.05) is 38.8 Å². The van der Waals surface area contributed by atoms with Crippen molar-refractivity contribution in [1.29, 1.82) is 0 Å². The molecule has 3 amide bonds. The van der Waals surface area contributed by atoms with E-state index in [0.29, 0.717) is 30.5 Å². The number of rotatable bonds is 6. The van der Waals surface area contributed by atoms with Crippen LogP contribution in [-0.2, 0) is 9.59 Å². The summed E-state index contributed by atoms with van der Waals surface area (Å²) in [4.78, 5) is 40.7. The molecule has 6 nitrogen and oxygen atoms in total. The highest BCUT2D eigenvalue weighted by Crippen LogP contribution is 2.32. The lowest BCUT2D eigenvalue weighted by Gasteiger charge is -2.22. The third kappa shape index (κ3) is 5.85. The molecule has 0 saturated carbocycles. The maximum absolute atomic E-state index is 12.7. The highest BCUT2D eigenvalue weighted by molar-refractivity contribution is 8.18. The van der Waals surface area contributed by atoms with Crippen LogP contribution in [-0.4, -0.2) is 53.1 Å². The van der Waals surface area contributed by atoms with E-state index in [2.05, 4.69) is 13.8 Å². The molecule has 156 valence electrons. The van der Waals surface area contributed by atoms with Crippen molar-refractivity contribution in [3.63, 3.8) is 0 Å². The van der Waals surface area contributed by atoms with E-state index in [9.17, 15) is 14.4 Å². The quantitative estimate of drug-likeness (QED) is 0.652. The molecule has 0 radical (unpaired) electrons. The van der Waals surface area contributed by atoms with E-state index in [0.717, 1.165) is 53.7 Å². The van der Waals surface area contributed by atoms with Crippen LogP contribution in [0.15, 0.2) is 29.2 Å².